The Kier molecular flexibility index (Phi) is 7.58. The number of carbonyl (C=O) groups is 1. The predicted octanol–water partition coefficient (Wildman–Crippen LogP) is 3.96. The second-order valence-electron chi connectivity index (χ2n) is 6.65. The van der Waals surface area contributed by atoms with E-state index in [0.29, 0.717) is 9.72 Å². The normalized spacial score (nSPS) is 12.6. The molecular weight excluding hydrogens is 470 g/mol. The molecular formula is C20H19ClF2N2O4S2. The van der Waals surface area contributed by atoms with Crippen molar-refractivity contribution in [3.8, 4) is 0 Å². The summed E-state index contributed by atoms with van der Waals surface area (Å²) in [4.78, 5) is 16.7. The molecule has 3 rings (SSSR count). The minimum atomic E-state index is -3.56. The Hall–Kier alpha value is -2.14. The zero-order chi connectivity index (χ0) is 22.6. The summed E-state index contributed by atoms with van der Waals surface area (Å²) < 4.78 is 59.4. The molecule has 1 heterocycles. The third kappa shape index (κ3) is 5.76. The number of hydrogen-bond acceptors (Lipinski definition) is 5. The van der Waals surface area contributed by atoms with E-state index in [1.807, 2.05) is 0 Å². The predicted molar refractivity (Wildman–Crippen MR) is 115 cm³/mol. The number of nitrogens with zero attached hydrogens (tertiary/aromatic N) is 2. The van der Waals surface area contributed by atoms with Crippen molar-refractivity contribution in [3.63, 3.8) is 0 Å². The van der Waals surface area contributed by atoms with Crippen molar-refractivity contribution in [1.82, 2.24) is 4.57 Å². The Morgan fingerprint density at radius 2 is 1.94 bits per heavy atom. The second kappa shape index (κ2) is 9.99. The Morgan fingerprint density at radius 1 is 1.23 bits per heavy atom. The first-order chi connectivity index (χ1) is 14.7. The monoisotopic (exact) mass is 488 g/mol. The summed E-state index contributed by atoms with van der Waals surface area (Å²) >= 11 is 6.75. The van der Waals surface area contributed by atoms with Crippen molar-refractivity contribution in [3.05, 3.63) is 57.9 Å². The highest BCUT2D eigenvalue weighted by Crippen LogP contribution is 2.22. The van der Waals surface area contributed by atoms with Gasteiger partial charge < -0.3 is 9.30 Å². The van der Waals surface area contributed by atoms with Gasteiger partial charge in [0.1, 0.15) is 5.82 Å². The molecule has 0 atom stereocenters. The number of ether oxygens (including phenoxy) is 1. The van der Waals surface area contributed by atoms with Crippen molar-refractivity contribution in [2.45, 2.75) is 24.3 Å². The topological polar surface area (TPSA) is 77.7 Å². The molecule has 0 unspecified atom stereocenters. The number of amides is 1. The number of fused-ring (bicyclic) bond motifs is 1. The van der Waals surface area contributed by atoms with E-state index in [1.54, 1.807) is 0 Å². The summed E-state index contributed by atoms with van der Waals surface area (Å²) in [5.41, 5.74) is 0.139. The lowest BCUT2D eigenvalue weighted by atomic mass is 10.3. The van der Waals surface area contributed by atoms with Gasteiger partial charge in [0.25, 0.3) is 0 Å². The van der Waals surface area contributed by atoms with E-state index in [4.69, 9.17) is 16.3 Å². The largest absolute Gasteiger partial charge is 0.383 e. The van der Waals surface area contributed by atoms with Gasteiger partial charge >= 0.3 is 0 Å². The van der Waals surface area contributed by atoms with Crippen molar-refractivity contribution in [2.75, 3.05) is 19.5 Å². The highest BCUT2D eigenvalue weighted by molar-refractivity contribution is 7.91. The smallest absolute Gasteiger partial charge is 0.248 e. The van der Waals surface area contributed by atoms with E-state index >= 15 is 0 Å². The molecule has 6 nitrogen and oxygen atoms in total. The number of benzene rings is 2. The number of aromatic nitrogens is 1. The number of hydrogen-bond donors (Lipinski definition) is 0. The lowest BCUT2D eigenvalue weighted by Gasteiger charge is -2.05. The van der Waals surface area contributed by atoms with Crippen LogP contribution in [0.4, 0.5) is 8.78 Å². The van der Waals surface area contributed by atoms with Gasteiger partial charge in [-0.25, -0.2) is 17.2 Å². The second-order valence-corrected chi connectivity index (χ2v) is 10.2. The molecule has 0 spiro atoms. The Labute approximate surface area is 186 Å². The minimum absolute atomic E-state index is 0.0687. The zero-order valence-corrected chi connectivity index (χ0v) is 18.9. The molecule has 166 valence electrons. The molecule has 11 heteroatoms. The summed E-state index contributed by atoms with van der Waals surface area (Å²) in [7, 11) is -2.08. The summed E-state index contributed by atoms with van der Waals surface area (Å²) in [6, 6.07) is 7.73. The standard InChI is InChI=1S/C20H19ClF2N2O4S2/c1-29-9-8-25-19-16(23)11-14(22)12-17(19)30-20(25)24-18(26)3-2-10-31(27,28)15-6-4-13(21)5-7-15/h4-7,11-12H,2-3,8-10H2,1H3. The average Bonchev–Trinajstić information content (AvgIpc) is 3.03. The van der Waals surface area contributed by atoms with E-state index in [1.165, 1.54) is 42.0 Å². The van der Waals surface area contributed by atoms with Crippen LogP contribution in [0, 0.1) is 11.6 Å². The van der Waals surface area contributed by atoms with Gasteiger partial charge in [0.2, 0.25) is 5.91 Å². The zero-order valence-electron chi connectivity index (χ0n) is 16.5. The maximum absolute atomic E-state index is 14.3. The molecule has 0 radical (unpaired) electrons. The highest BCUT2D eigenvalue weighted by atomic mass is 35.5. The number of methoxy groups -OCH3 is 1. The van der Waals surface area contributed by atoms with Crippen LogP contribution in [-0.4, -0.2) is 38.4 Å². The van der Waals surface area contributed by atoms with Crippen LogP contribution in [0.25, 0.3) is 10.2 Å². The summed E-state index contributed by atoms with van der Waals surface area (Å²) in [6.45, 7) is 0.458. The van der Waals surface area contributed by atoms with Crippen LogP contribution >= 0.6 is 22.9 Å². The van der Waals surface area contributed by atoms with E-state index in [2.05, 4.69) is 4.99 Å². The van der Waals surface area contributed by atoms with Crippen LogP contribution in [0.2, 0.25) is 5.02 Å². The first-order valence-electron chi connectivity index (χ1n) is 9.24. The molecule has 3 aromatic rings. The van der Waals surface area contributed by atoms with Crippen LogP contribution in [0.1, 0.15) is 12.8 Å². The van der Waals surface area contributed by atoms with Crippen molar-refractivity contribution in [1.29, 1.82) is 0 Å². The van der Waals surface area contributed by atoms with Crippen LogP contribution < -0.4 is 4.80 Å². The highest BCUT2D eigenvalue weighted by Gasteiger charge is 2.16. The van der Waals surface area contributed by atoms with Gasteiger partial charge in [0.15, 0.2) is 20.5 Å². The number of halogens is 3. The quantitative estimate of drug-likeness (QED) is 0.481. The number of rotatable bonds is 8. The summed E-state index contributed by atoms with van der Waals surface area (Å²) in [5.74, 6) is -2.27. The number of thiazole rings is 1. The molecule has 1 amide bonds. The molecule has 0 bridgehead atoms. The third-order valence-corrected chi connectivity index (χ3v) is 7.50. The Morgan fingerprint density at radius 3 is 2.61 bits per heavy atom. The first kappa shape index (κ1) is 23.5. The van der Waals surface area contributed by atoms with E-state index in [9.17, 15) is 22.0 Å². The Balaban J connectivity index is 1.79. The molecule has 0 aliphatic heterocycles. The van der Waals surface area contributed by atoms with Gasteiger partial charge in [-0.05, 0) is 36.8 Å². The maximum Gasteiger partial charge on any atom is 0.248 e. The molecule has 1 aromatic heterocycles. The van der Waals surface area contributed by atoms with Gasteiger partial charge in [-0.3, -0.25) is 4.79 Å². The van der Waals surface area contributed by atoms with Crippen molar-refractivity contribution in [2.24, 2.45) is 4.99 Å². The third-order valence-electron chi connectivity index (χ3n) is 4.41. The van der Waals surface area contributed by atoms with E-state index in [0.717, 1.165) is 17.4 Å². The number of sulfone groups is 1. The Bertz CT molecular complexity index is 1270. The van der Waals surface area contributed by atoms with Gasteiger partial charge in [0.05, 0.1) is 27.5 Å². The minimum Gasteiger partial charge on any atom is -0.383 e. The summed E-state index contributed by atoms with van der Waals surface area (Å²) in [5, 5.41) is 0.425. The SMILES string of the molecule is COCCn1c(=NC(=O)CCCS(=O)(=O)c2ccc(Cl)cc2)sc2cc(F)cc(F)c21. The van der Waals surface area contributed by atoms with Crippen LogP contribution in [0.3, 0.4) is 0 Å². The van der Waals surface area contributed by atoms with E-state index in [-0.39, 0.29) is 47.0 Å². The maximum atomic E-state index is 14.3. The average molecular weight is 489 g/mol. The van der Waals surface area contributed by atoms with Crippen LogP contribution in [0.15, 0.2) is 46.3 Å². The van der Waals surface area contributed by atoms with Crippen molar-refractivity contribution >= 4 is 48.9 Å². The van der Waals surface area contributed by atoms with Crippen LogP contribution in [-0.2, 0) is 25.9 Å². The molecule has 2 aromatic carbocycles. The summed E-state index contributed by atoms with van der Waals surface area (Å²) in [6.07, 6.45) is -0.0402. The molecule has 0 N–H and O–H groups in total. The number of carbonyl (C=O) groups excluding carboxylic acids is 1. The molecule has 0 aliphatic rings. The van der Waals surface area contributed by atoms with Gasteiger partial charge in [-0.1, -0.05) is 22.9 Å². The van der Waals surface area contributed by atoms with Crippen molar-refractivity contribution < 1.29 is 26.7 Å². The fourth-order valence-corrected chi connectivity index (χ4v) is 5.49. The molecule has 0 saturated heterocycles. The van der Waals surface area contributed by atoms with Gasteiger partial charge in [-0.2, -0.15) is 4.99 Å². The fourth-order valence-electron chi connectivity index (χ4n) is 2.94. The molecule has 0 saturated carbocycles. The van der Waals surface area contributed by atoms with Crippen LogP contribution in [0.5, 0.6) is 0 Å². The lowest BCUT2D eigenvalue weighted by molar-refractivity contribution is -0.118. The first-order valence-corrected chi connectivity index (χ1v) is 12.1. The van der Waals surface area contributed by atoms with Gasteiger partial charge in [0, 0.05) is 31.2 Å². The molecule has 31 heavy (non-hydrogen) atoms. The van der Waals surface area contributed by atoms with Gasteiger partial charge in [-0.15, -0.1) is 0 Å². The van der Waals surface area contributed by atoms with E-state index < -0.39 is 27.4 Å². The lowest BCUT2D eigenvalue weighted by Crippen LogP contribution is -2.20. The molecule has 0 fully saturated rings. The fraction of sp³-hybridized carbons (Fsp3) is 0.300. The molecule has 0 aliphatic carbocycles.